The van der Waals surface area contributed by atoms with E-state index in [1.807, 2.05) is 32.2 Å². The second kappa shape index (κ2) is 8.03. The third kappa shape index (κ3) is 4.00. The van der Waals surface area contributed by atoms with Crippen molar-refractivity contribution < 1.29 is 14.7 Å². The lowest BCUT2D eigenvalue weighted by Gasteiger charge is -2.24. The number of amides is 1. The Balaban J connectivity index is 1.80. The first-order valence-corrected chi connectivity index (χ1v) is 8.95. The minimum atomic E-state index is -0.750. The molecule has 1 unspecified atom stereocenters. The number of benzene rings is 2. The highest BCUT2D eigenvalue weighted by atomic mass is 16.3. The van der Waals surface area contributed by atoms with Crippen molar-refractivity contribution in [2.75, 3.05) is 6.54 Å². The van der Waals surface area contributed by atoms with E-state index in [1.165, 1.54) is 0 Å². The summed E-state index contributed by atoms with van der Waals surface area (Å²) in [6.45, 7) is 2.84. The van der Waals surface area contributed by atoms with Crippen LogP contribution in [0.4, 0.5) is 0 Å². The van der Waals surface area contributed by atoms with Crippen molar-refractivity contribution in [1.29, 1.82) is 0 Å². The quantitative estimate of drug-likeness (QED) is 0.516. The molecule has 2 aromatic carbocycles. The molecule has 0 spiro atoms. The van der Waals surface area contributed by atoms with Crippen LogP contribution < -0.4 is 0 Å². The Morgan fingerprint density at radius 3 is 2.67 bits per heavy atom. The van der Waals surface area contributed by atoms with E-state index in [-0.39, 0.29) is 11.7 Å². The second-order valence-corrected chi connectivity index (χ2v) is 6.59. The molecule has 0 fully saturated rings. The van der Waals surface area contributed by atoms with Crippen molar-refractivity contribution >= 4 is 23.1 Å². The molecule has 0 saturated heterocycles. The summed E-state index contributed by atoms with van der Waals surface area (Å²) in [6.07, 6.45) is 2.83. The lowest BCUT2D eigenvalue weighted by atomic mass is 9.98. The molecule has 0 saturated carbocycles. The van der Waals surface area contributed by atoms with Gasteiger partial charge in [0.1, 0.15) is 12.0 Å². The fourth-order valence-corrected chi connectivity index (χ4v) is 3.31. The van der Waals surface area contributed by atoms with Gasteiger partial charge in [-0.05, 0) is 36.6 Å². The Morgan fingerprint density at radius 2 is 2.00 bits per heavy atom. The van der Waals surface area contributed by atoms with E-state index >= 15 is 0 Å². The fourth-order valence-electron chi connectivity index (χ4n) is 3.31. The molecule has 0 aliphatic rings. The number of hydrogen-bond donors (Lipinski definition) is 1. The molecule has 0 aliphatic carbocycles. The van der Waals surface area contributed by atoms with Crippen LogP contribution in [0, 0.1) is 5.92 Å². The summed E-state index contributed by atoms with van der Waals surface area (Å²) < 4.78 is 1.80. The van der Waals surface area contributed by atoms with Crippen LogP contribution >= 0.6 is 0 Å². The molecular formula is C21H23N3O3. The number of fused-ring (bicyclic) bond motifs is 1. The highest BCUT2D eigenvalue weighted by Gasteiger charge is 2.24. The highest BCUT2D eigenvalue weighted by Crippen LogP contribution is 2.21. The number of aromatic nitrogens is 2. The van der Waals surface area contributed by atoms with Gasteiger partial charge in [-0.3, -0.25) is 9.48 Å². The fraction of sp³-hybridized carbons (Fsp3) is 0.286. The van der Waals surface area contributed by atoms with E-state index in [1.54, 1.807) is 40.0 Å². The Kier molecular flexibility index (Phi) is 5.54. The highest BCUT2D eigenvalue weighted by molar-refractivity contribution is 5.92. The van der Waals surface area contributed by atoms with E-state index in [0.29, 0.717) is 25.8 Å². The largest absolute Gasteiger partial charge is 0.508 e. The number of carbonyl (C=O) groups is 2. The number of phenols is 1. The monoisotopic (exact) mass is 365 g/mol. The summed E-state index contributed by atoms with van der Waals surface area (Å²) in [5, 5.41) is 14.7. The standard InChI is InChI=1S/C21H23N3O3/c1-3-24(13-17-6-4-5-16-12-22-23(2)20(16)17)21(27)18(14-25)11-15-7-9-19(26)10-8-15/h4-10,12,14,18,26H,3,11,13H2,1-2H3. The molecule has 27 heavy (non-hydrogen) atoms. The van der Waals surface area contributed by atoms with Crippen LogP contribution in [0.3, 0.4) is 0 Å². The van der Waals surface area contributed by atoms with Crippen LogP contribution in [0.1, 0.15) is 18.1 Å². The summed E-state index contributed by atoms with van der Waals surface area (Å²) in [5.74, 6) is -0.785. The molecular weight excluding hydrogens is 342 g/mol. The number of aldehydes is 1. The number of nitrogens with zero attached hydrogens (tertiary/aromatic N) is 3. The first kappa shape index (κ1) is 18.6. The van der Waals surface area contributed by atoms with Crippen LogP contribution in [0.25, 0.3) is 10.9 Å². The zero-order valence-electron chi connectivity index (χ0n) is 15.5. The van der Waals surface area contributed by atoms with E-state index in [2.05, 4.69) is 5.10 Å². The average molecular weight is 365 g/mol. The molecule has 1 heterocycles. The van der Waals surface area contributed by atoms with Gasteiger partial charge in [0.25, 0.3) is 0 Å². The van der Waals surface area contributed by atoms with Gasteiger partial charge in [-0.15, -0.1) is 0 Å². The summed E-state index contributed by atoms with van der Waals surface area (Å²) in [7, 11) is 1.88. The van der Waals surface area contributed by atoms with Crippen molar-refractivity contribution in [2.45, 2.75) is 19.9 Å². The maximum atomic E-state index is 13.0. The number of phenolic OH excluding ortho intramolecular Hbond substituents is 1. The van der Waals surface area contributed by atoms with Gasteiger partial charge in [0.2, 0.25) is 5.91 Å². The Labute approximate surface area is 158 Å². The SMILES string of the molecule is CCN(Cc1cccc2cnn(C)c12)C(=O)C(C=O)Cc1ccc(O)cc1. The van der Waals surface area contributed by atoms with Gasteiger partial charge in [0.05, 0.1) is 17.6 Å². The number of rotatable bonds is 7. The van der Waals surface area contributed by atoms with Gasteiger partial charge < -0.3 is 14.8 Å². The van der Waals surface area contributed by atoms with E-state index in [4.69, 9.17) is 0 Å². The Morgan fingerprint density at radius 1 is 1.26 bits per heavy atom. The minimum Gasteiger partial charge on any atom is -0.508 e. The maximum absolute atomic E-state index is 13.0. The van der Waals surface area contributed by atoms with Crippen molar-refractivity contribution in [3.05, 3.63) is 59.8 Å². The lowest BCUT2D eigenvalue weighted by molar-refractivity contribution is -0.138. The molecule has 3 rings (SSSR count). The molecule has 0 aliphatic heterocycles. The summed E-state index contributed by atoms with van der Waals surface area (Å²) in [6, 6.07) is 12.5. The van der Waals surface area contributed by atoms with E-state index in [9.17, 15) is 14.7 Å². The minimum absolute atomic E-state index is 0.159. The van der Waals surface area contributed by atoms with Crippen molar-refractivity contribution in [1.82, 2.24) is 14.7 Å². The zero-order valence-corrected chi connectivity index (χ0v) is 15.5. The van der Waals surface area contributed by atoms with Crippen LogP contribution in [-0.4, -0.2) is 38.5 Å². The summed E-state index contributed by atoms with van der Waals surface area (Å²) >= 11 is 0. The number of carbonyl (C=O) groups excluding carboxylic acids is 2. The first-order valence-electron chi connectivity index (χ1n) is 8.95. The van der Waals surface area contributed by atoms with Crippen molar-refractivity contribution in [3.8, 4) is 5.75 Å². The predicted octanol–water partition coefficient (Wildman–Crippen LogP) is 2.69. The lowest BCUT2D eigenvalue weighted by Crippen LogP contribution is -2.37. The smallest absolute Gasteiger partial charge is 0.233 e. The molecule has 1 atom stereocenters. The molecule has 0 bridgehead atoms. The van der Waals surface area contributed by atoms with Gasteiger partial charge in [-0.2, -0.15) is 5.10 Å². The number of aromatic hydroxyl groups is 1. The first-order chi connectivity index (χ1) is 13.0. The predicted molar refractivity (Wildman–Crippen MR) is 103 cm³/mol. The number of hydrogen-bond acceptors (Lipinski definition) is 4. The molecule has 6 heteroatoms. The molecule has 140 valence electrons. The summed E-state index contributed by atoms with van der Waals surface area (Å²) in [4.78, 5) is 26.3. The maximum Gasteiger partial charge on any atom is 0.233 e. The van der Waals surface area contributed by atoms with Crippen LogP contribution in [-0.2, 0) is 29.6 Å². The van der Waals surface area contributed by atoms with E-state index < -0.39 is 5.92 Å². The van der Waals surface area contributed by atoms with Gasteiger partial charge >= 0.3 is 0 Å². The zero-order chi connectivity index (χ0) is 19.4. The van der Waals surface area contributed by atoms with Crippen molar-refractivity contribution in [3.63, 3.8) is 0 Å². The van der Waals surface area contributed by atoms with Gasteiger partial charge in [0, 0.05) is 25.5 Å². The van der Waals surface area contributed by atoms with Crippen LogP contribution in [0.15, 0.2) is 48.7 Å². The Bertz CT molecular complexity index is 947. The second-order valence-electron chi connectivity index (χ2n) is 6.59. The van der Waals surface area contributed by atoms with Crippen LogP contribution in [0.5, 0.6) is 5.75 Å². The van der Waals surface area contributed by atoms with Gasteiger partial charge in [0.15, 0.2) is 0 Å². The van der Waals surface area contributed by atoms with E-state index in [0.717, 1.165) is 22.0 Å². The topological polar surface area (TPSA) is 75.4 Å². The molecule has 1 N–H and O–H groups in total. The molecule has 1 aromatic heterocycles. The third-order valence-corrected chi connectivity index (χ3v) is 4.77. The third-order valence-electron chi connectivity index (χ3n) is 4.77. The molecule has 6 nitrogen and oxygen atoms in total. The molecule has 0 radical (unpaired) electrons. The molecule has 3 aromatic rings. The number of para-hydroxylation sites is 1. The van der Waals surface area contributed by atoms with Gasteiger partial charge in [-0.25, -0.2) is 0 Å². The average Bonchev–Trinajstić information content (AvgIpc) is 3.07. The molecule has 1 amide bonds. The Hall–Kier alpha value is -3.15. The number of aryl methyl sites for hydroxylation is 1. The normalized spacial score (nSPS) is 12.1. The summed E-state index contributed by atoms with van der Waals surface area (Å²) in [5.41, 5.74) is 2.82. The van der Waals surface area contributed by atoms with Crippen molar-refractivity contribution in [2.24, 2.45) is 13.0 Å². The van der Waals surface area contributed by atoms with Crippen LogP contribution in [0.2, 0.25) is 0 Å². The van der Waals surface area contributed by atoms with Gasteiger partial charge in [-0.1, -0.05) is 30.3 Å².